The lowest BCUT2D eigenvalue weighted by molar-refractivity contribution is 0.0709. The molecule has 27 heavy (non-hydrogen) atoms. The van der Waals surface area contributed by atoms with E-state index in [1.807, 2.05) is 21.5 Å². The summed E-state index contributed by atoms with van der Waals surface area (Å²) in [4.78, 5) is 16.7. The highest BCUT2D eigenvalue weighted by Gasteiger charge is 2.29. The van der Waals surface area contributed by atoms with Crippen LogP contribution in [-0.2, 0) is 0 Å². The summed E-state index contributed by atoms with van der Waals surface area (Å²) in [5, 5.41) is 17.1. The van der Waals surface area contributed by atoms with E-state index in [1.54, 1.807) is 6.92 Å². The van der Waals surface area contributed by atoms with Gasteiger partial charge in [0.1, 0.15) is 17.1 Å². The number of piperidine rings is 1. The lowest BCUT2D eigenvalue weighted by atomic mass is 9.95. The van der Waals surface area contributed by atoms with Crippen LogP contribution in [0.5, 0.6) is 0 Å². The molecule has 2 aliphatic heterocycles. The molecule has 9 heteroatoms. The van der Waals surface area contributed by atoms with Crippen molar-refractivity contribution in [2.45, 2.75) is 32.1 Å². The van der Waals surface area contributed by atoms with Crippen molar-refractivity contribution in [2.24, 2.45) is 0 Å². The molecule has 0 saturated carbocycles. The molecular formula is C18H21N7O2. The first-order valence-corrected chi connectivity index (χ1v) is 9.38. The number of anilines is 1. The standard InChI is InChI=1S/C18H21N7O2/c1-12-14(11-19-27-12)18(26)24-9-5-13(6-10-24)17-21-20-15-3-4-16(22-25(15)17)23-7-2-8-23/h3-4,11,13H,2,5-10H2,1H3. The molecule has 2 fully saturated rings. The van der Waals surface area contributed by atoms with Crippen molar-refractivity contribution in [3.63, 3.8) is 0 Å². The van der Waals surface area contributed by atoms with Crippen molar-refractivity contribution in [3.05, 3.63) is 35.5 Å². The number of fused-ring (bicyclic) bond motifs is 1. The van der Waals surface area contributed by atoms with E-state index in [9.17, 15) is 4.79 Å². The van der Waals surface area contributed by atoms with Gasteiger partial charge in [-0.25, -0.2) is 0 Å². The zero-order valence-electron chi connectivity index (χ0n) is 15.2. The molecule has 9 nitrogen and oxygen atoms in total. The minimum absolute atomic E-state index is 0.0171. The molecule has 0 unspecified atom stereocenters. The summed E-state index contributed by atoms with van der Waals surface area (Å²) in [6, 6.07) is 3.99. The first kappa shape index (κ1) is 16.2. The molecule has 0 aromatic carbocycles. The Hall–Kier alpha value is -2.97. The molecule has 0 radical (unpaired) electrons. The Morgan fingerprint density at radius 2 is 1.96 bits per heavy atom. The number of aromatic nitrogens is 5. The minimum Gasteiger partial charge on any atom is -0.361 e. The summed E-state index contributed by atoms with van der Waals surface area (Å²) in [5.41, 5.74) is 1.31. The van der Waals surface area contributed by atoms with Crippen LogP contribution in [0.3, 0.4) is 0 Å². The van der Waals surface area contributed by atoms with E-state index >= 15 is 0 Å². The van der Waals surface area contributed by atoms with Gasteiger partial charge in [-0.2, -0.15) is 4.52 Å². The fraction of sp³-hybridized carbons (Fsp3) is 0.500. The molecule has 3 aromatic heterocycles. The Morgan fingerprint density at radius 1 is 1.15 bits per heavy atom. The van der Waals surface area contributed by atoms with Crippen LogP contribution >= 0.6 is 0 Å². The van der Waals surface area contributed by atoms with Gasteiger partial charge < -0.3 is 14.3 Å². The molecule has 1 amide bonds. The van der Waals surface area contributed by atoms with Crippen LogP contribution in [0, 0.1) is 6.92 Å². The third-order valence-electron chi connectivity index (χ3n) is 5.58. The lowest BCUT2D eigenvalue weighted by Gasteiger charge is -2.32. The summed E-state index contributed by atoms with van der Waals surface area (Å²) in [6.45, 7) is 5.22. The summed E-state index contributed by atoms with van der Waals surface area (Å²) in [5.74, 6) is 2.66. The maximum Gasteiger partial charge on any atom is 0.259 e. The number of hydrogen-bond acceptors (Lipinski definition) is 7. The Morgan fingerprint density at radius 3 is 2.63 bits per heavy atom. The van der Waals surface area contributed by atoms with Gasteiger partial charge in [0.25, 0.3) is 5.91 Å². The van der Waals surface area contributed by atoms with Gasteiger partial charge >= 0.3 is 0 Å². The third kappa shape index (κ3) is 2.73. The van der Waals surface area contributed by atoms with Crippen LogP contribution in [0.2, 0.25) is 0 Å². The number of rotatable bonds is 3. The van der Waals surface area contributed by atoms with Crippen LogP contribution < -0.4 is 4.90 Å². The fourth-order valence-corrected chi connectivity index (χ4v) is 3.78. The number of amides is 1. The van der Waals surface area contributed by atoms with Crippen molar-refractivity contribution in [3.8, 4) is 0 Å². The zero-order chi connectivity index (χ0) is 18.4. The second-order valence-electron chi connectivity index (χ2n) is 7.22. The molecule has 5 heterocycles. The first-order chi connectivity index (χ1) is 13.2. The maximum atomic E-state index is 12.6. The van der Waals surface area contributed by atoms with Gasteiger partial charge in [-0.3, -0.25) is 4.79 Å². The van der Waals surface area contributed by atoms with Crippen LogP contribution in [0.4, 0.5) is 5.82 Å². The molecule has 2 aliphatic rings. The molecule has 0 N–H and O–H groups in total. The van der Waals surface area contributed by atoms with Gasteiger partial charge in [-0.05, 0) is 38.3 Å². The van der Waals surface area contributed by atoms with Crippen molar-refractivity contribution in [1.82, 2.24) is 29.9 Å². The average Bonchev–Trinajstić information content (AvgIpc) is 3.26. The Labute approximate surface area is 155 Å². The number of nitrogens with zero attached hydrogens (tertiary/aromatic N) is 7. The molecule has 3 aromatic rings. The topological polar surface area (TPSA) is 92.7 Å². The predicted octanol–water partition coefficient (Wildman–Crippen LogP) is 1.65. The first-order valence-electron chi connectivity index (χ1n) is 9.38. The monoisotopic (exact) mass is 367 g/mol. The summed E-state index contributed by atoms with van der Waals surface area (Å²) in [7, 11) is 0. The molecule has 0 bridgehead atoms. The molecule has 140 valence electrons. The largest absolute Gasteiger partial charge is 0.361 e. The number of carbonyl (C=O) groups excluding carboxylic acids is 1. The number of hydrogen-bond donors (Lipinski definition) is 0. The van der Waals surface area contributed by atoms with E-state index in [1.165, 1.54) is 12.6 Å². The van der Waals surface area contributed by atoms with E-state index in [0.29, 0.717) is 24.4 Å². The lowest BCUT2D eigenvalue weighted by Crippen LogP contribution is -2.39. The predicted molar refractivity (Wildman–Crippen MR) is 96.7 cm³/mol. The normalized spacial score (nSPS) is 18.1. The molecule has 5 rings (SSSR count). The zero-order valence-corrected chi connectivity index (χ0v) is 15.2. The van der Waals surface area contributed by atoms with Crippen LogP contribution in [0.15, 0.2) is 22.9 Å². The van der Waals surface area contributed by atoms with Crippen molar-refractivity contribution in [1.29, 1.82) is 0 Å². The van der Waals surface area contributed by atoms with E-state index in [4.69, 9.17) is 9.62 Å². The van der Waals surface area contributed by atoms with Crippen LogP contribution in [-0.4, -0.2) is 62.0 Å². The van der Waals surface area contributed by atoms with Crippen molar-refractivity contribution < 1.29 is 9.32 Å². The molecule has 2 saturated heterocycles. The molecular weight excluding hydrogens is 346 g/mol. The minimum atomic E-state index is -0.0171. The summed E-state index contributed by atoms with van der Waals surface area (Å²) >= 11 is 0. The molecule has 0 spiro atoms. The van der Waals surface area contributed by atoms with Gasteiger partial charge in [-0.15, -0.1) is 15.3 Å². The number of aryl methyl sites for hydroxylation is 1. The van der Waals surface area contributed by atoms with Gasteiger partial charge in [-0.1, -0.05) is 5.16 Å². The SMILES string of the molecule is Cc1oncc1C(=O)N1CCC(c2nnc3ccc(N4CCC4)nn23)CC1. The van der Waals surface area contributed by atoms with Gasteiger partial charge in [0.15, 0.2) is 11.5 Å². The highest BCUT2D eigenvalue weighted by molar-refractivity contribution is 5.94. The smallest absolute Gasteiger partial charge is 0.259 e. The average molecular weight is 367 g/mol. The third-order valence-corrected chi connectivity index (χ3v) is 5.58. The fourth-order valence-electron chi connectivity index (χ4n) is 3.78. The second-order valence-corrected chi connectivity index (χ2v) is 7.22. The highest BCUT2D eigenvalue weighted by Crippen LogP contribution is 2.28. The Kier molecular flexibility index (Phi) is 3.80. The second kappa shape index (κ2) is 6.33. The van der Waals surface area contributed by atoms with Crippen LogP contribution in [0.1, 0.15) is 47.1 Å². The van der Waals surface area contributed by atoms with Gasteiger partial charge in [0, 0.05) is 32.1 Å². The Bertz CT molecular complexity index is 983. The van der Waals surface area contributed by atoms with E-state index in [0.717, 1.165) is 43.2 Å². The highest BCUT2D eigenvalue weighted by atomic mass is 16.5. The van der Waals surface area contributed by atoms with Crippen LogP contribution in [0.25, 0.3) is 5.65 Å². The van der Waals surface area contributed by atoms with Crippen molar-refractivity contribution in [2.75, 3.05) is 31.1 Å². The number of carbonyl (C=O) groups is 1. The molecule has 0 atom stereocenters. The Balaban J connectivity index is 1.33. The van der Waals surface area contributed by atoms with Crippen molar-refractivity contribution >= 4 is 17.4 Å². The maximum absolute atomic E-state index is 12.6. The van der Waals surface area contributed by atoms with Gasteiger partial charge in [0.05, 0.1) is 6.20 Å². The summed E-state index contributed by atoms with van der Waals surface area (Å²) < 4.78 is 6.89. The van der Waals surface area contributed by atoms with E-state index < -0.39 is 0 Å². The quantitative estimate of drug-likeness (QED) is 0.695. The van der Waals surface area contributed by atoms with E-state index in [-0.39, 0.29) is 11.8 Å². The summed E-state index contributed by atoms with van der Waals surface area (Å²) in [6.07, 6.45) is 4.39. The number of likely N-dealkylation sites (tertiary alicyclic amines) is 1. The molecule has 0 aliphatic carbocycles. The van der Waals surface area contributed by atoms with E-state index in [2.05, 4.69) is 20.3 Å². The van der Waals surface area contributed by atoms with Gasteiger partial charge in [0.2, 0.25) is 0 Å².